The summed E-state index contributed by atoms with van der Waals surface area (Å²) >= 11 is 0. The topological polar surface area (TPSA) is 35.2 Å². The maximum absolute atomic E-state index is 6.02. The van der Waals surface area contributed by atoms with E-state index in [0.29, 0.717) is 6.10 Å². The van der Waals surface area contributed by atoms with Crippen LogP contribution in [0.25, 0.3) is 0 Å². The number of aryl methyl sites for hydroxylation is 1. The Bertz CT molecular complexity index is 373. The molecule has 0 spiro atoms. The average Bonchev–Trinajstić information content (AvgIpc) is 2.41. The minimum absolute atomic E-state index is 0.498. The van der Waals surface area contributed by atoms with Gasteiger partial charge in [-0.25, -0.2) is 0 Å². The van der Waals surface area contributed by atoms with Crippen molar-refractivity contribution in [3.8, 4) is 0 Å². The monoisotopic (exact) mass is 261 g/mol. The van der Waals surface area contributed by atoms with Gasteiger partial charge >= 0.3 is 0 Å². The number of hydrogen-bond donors (Lipinski definition) is 1. The normalized spacial score (nSPS) is 27.4. The molecule has 19 heavy (non-hydrogen) atoms. The second-order valence-corrected chi connectivity index (χ2v) is 6.11. The molecule has 1 aliphatic carbocycles. The van der Waals surface area contributed by atoms with E-state index >= 15 is 0 Å². The second-order valence-electron chi connectivity index (χ2n) is 6.11. The van der Waals surface area contributed by atoms with Crippen LogP contribution in [-0.2, 0) is 11.2 Å². The summed E-state index contributed by atoms with van der Waals surface area (Å²) in [4.78, 5) is 0. The first-order chi connectivity index (χ1) is 9.15. The van der Waals surface area contributed by atoms with Crippen LogP contribution in [0.1, 0.15) is 45.1 Å². The van der Waals surface area contributed by atoms with Gasteiger partial charge in [-0.2, -0.15) is 0 Å². The van der Waals surface area contributed by atoms with Crippen LogP contribution in [0.3, 0.4) is 0 Å². The number of rotatable bonds is 5. The van der Waals surface area contributed by atoms with Crippen LogP contribution in [0.5, 0.6) is 0 Å². The zero-order valence-electron chi connectivity index (χ0n) is 12.3. The van der Waals surface area contributed by atoms with Crippen molar-refractivity contribution in [2.75, 3.05) is 12.3 Å². The second kappa shape index (κ2) is 6.95. The van der Waals surface area contributed by atoms with E-state index < -0.39 is 0 Å². The maximum atomic E-state index is 6.02. The molecule has 1 aromatic carbocycles. The van der Waals surface area contributed by atoms with E-state index in [1.165, 1.54) is 24.8 Å². The Labute approximate surface area is 117 Å². The zero-order valence-corrected chi connectivity index (χ0v) is 12.3. The molecule has 0 bridgehead atoms. The molecule has 2 rings (SSSR count). The molecule has 2 heteroatoms. The number of hydrogen-bond acceptors (Lipinski definition) is 2. The average molecular weight is 261 g/mol. The lowest BCUT2D eigenvalue weighted by atomic mass is 9.80. The summed E-state index contributed by atoms with van der Waals surface area (Å²) < 4.78 is 6.02. The lowest BCUT2D eigenvalue weighted by Gasteiger charge is -2.32. The first kappa shape index (κ1) is 14.4. The molecule has 0 aromatic heterocycles. The van der Waals surface area contributed by atoms with Crippen molar-refractivity contribution in [1.29, 1.82) is 0 Å². The Morgan fingerprint density at radius 1 is 1.11 bits per heavy atom. The van der Waals surface area contributed by atoms with Crippen LogP contribution in [0.15, 0.2) is 24.3 Å². The number of nitrogens with two attached hydrogens (primary N) is 1. The molecule has 0 amide bonds. The van der Waals surface area contributed by atoms with E-state index in [1.807, 2.05) is 12.1 Å². The van der Waals surface area contributed by atoms with E-state index in [1.54, 1.807) is 0 Å². The summed E-state index contributed by atoms with van der Waals surface area (Å²) in [5.41, 5.74) is 7.87. The van der Waals surface area contributed by atoms with Gasteiger partial charge in [0.15, 0.2) is 0 Å². The fourth-order valence-electron chi connectivity index (χ4n) is 2.86. The van der Waals surface area contributed by atoms with E-state index in [-0.39, 0.29) is 0 Å². The van der Waals surface area contributed by atoms with E-state index in [2.05, 4.69) is 26.0 Å². The Balaban J connectivity index is 1.63. The molecule has 2 nitrogen and oxygen atoms in total. The lowest BCUT2D eigenvalue weighted by Crippen LogP contribution is -2.27. The van der Waals surface area contributed by atoms with Gasteiger partial charge < -0.3 is 10.5 Å². The Morgan fingerprint density at radius 2 is 1.84 bits per heavy atom. The molecule has 3 unspecified atom stereocenters. The molecule has 106 valence electrons. The molecule has 3 atom stereocenters. The Morgan fingerprint density at radius 3 is 2.53 bits per heavy atom. The van der Waals surface area contributed by atoms with Gasteiger partial charge in [0.2, 0.25) is 0 Å². The molecule has 1 fully saturated rings. The van der Waals surface area contributed by atoms with Crippen LogP contribution in [0.4, 0.5) is 5.69 Å². The quantitative estimate of drug-likeness (QED) is 0.641. The van der Waals surface area contributed by atoms with Crippen molar-refractivity contribution >= 4 is 5.69 Å². The molecule has 2 N–H and O–H groups in total. The third kappa shape index (κ3) is 4.54. The van der Waals surface area contributed by atoms with Gasteiger partial charge in [0.1, 0.15) is 0 Å². The van der Waals surface area contributed by atoms with E-state index in [9.17, 15) is 0 Å². The van der Waals surface area contributed by atoms with Crippen LogP contribution in [0.2, 0.25) is 0 Å². The van der Waals surface area contributed by atoms with E-state index in [0.717, 1.165) is 37.0 Å². The number of anilines is 1. The van der Waals surface area contributed by atoms with Gasteiger partial charge in [0, 0.05) is 12.3 Å². The van der Waals surface area contributed by atoms with Crippen LogP contribution in [-0.4, -0.2) is 12.7 Å². The van der Waals surface area contributed by atoms with Gasteiger partial charge in [-0.15, -0.1) is 0 Å². The van der Waals surface area contributed by atoms with Gasteiger partial charge in [0.05, 0.1) is 6.10 Å². The maximum Gasteiger partial charge on any atom is 0.0577 e. The van der Waals surface area contributed by atoms with Crippen molar-refractivity contribution in [3.05, 3.63) is 29.8 Å². The first-order valence-corrected chi connectivity index (χ1v) is 7.61. The van der Waals surface area contributed by atoms with Gasteiger partial charge in [-0.3, -0.25) is 0 Å². The molecule has 0 heterocycles. The number of benzene rings is 1. The number of ether oxygens (including phenoxy) is 1. The minimum atomic E-state index is 0.498. The lowest BCUT2D eigenvalue weighted by molar-refractivity contribution is 0.00177. The smallest absolute Gasteiger partial charge is 0.0577 e. The standard InChI is InChI=1S/C17H27NO/c1-13-5-10-17(12-14(13)2)19-11-3-4-15-6-8-16(18)9-7-15/h6-9,13-14,17H,3-5,10-12,18H2,1-2H3. The zero-order chi connectivity index (χ0) is 13.7. The Kier molecular flexibility index (Phi) is 5.26. The van der Waals surface area contributed by atoms with Crippen molar-refractivity contribution < 1.29 is 4.74 Å². The summed E-state index contributed by atoms with van der Waals surface area (Å²) in [7, 11) is 0. The molecular formula is C17H27NO. The van der Waals surface area contributed by atoms with Crippen molar-refractivity contribution in [2.24, 2.45) is 11.8 Å². The summed E-state index contributed by atoms with van der Waals surface area (Å²) in [6.07, 6.45) is 6.49. The van der Waals surface area contributed by atoms with E-state index in [4.69, 9.17) is 10.5 Å². The molecule has 0 radical (unpaired) electrons. The molecule has 1 aromatic rings. The van der Waals surface area contributed by atoms with Gasteiger partial charge in [-0.05, 0) is 61.6 Å². The largest absolute Gasteiger partial charge is 0.399 e. The molecular weight excluding hydrogens is 234 g/mol. The highest BCUT2D eigenvalue weighted by Crippen LogP contribution is 2.30. The highest BCUT2D eigenvalue weighted by molar-refractivity contribution is 5.39. The predicted molar refractivity (Wildman–Crippen MR) is 81.1 cm³/mol. The fourth-order valence-corrected chi connectivity index (χ4v) is 2.86. The summed E-state index contributed by atoms with van der Waals surface area (Å²) in [6.45, 7) is 5.60. The summed E-state index contributed by atoms with van der Waals surface area (Å²) in [5.74, 6) is 1.69. The third-order valence-electron chi connectivity index (χ3n) is 4.49. The summed E-state index contributed by atoms with van der Waals surface area (Å²) in [5, 5.41) is 0. The molecule has 0 aliphatic heterocycles. The Hall–Kier alpha value is -1.02. The predicted octanol–water partition coefficient (Wildman–Crippen LogP) is 4.04. The van der Waals surface area contributed by atoms with Crippen LogP contribution < -0.4 is 5.73 Å². The minimum Gasteiger partial charge on any atom is -0.399 e. The number of nitrogen functional groups attached to an aromatic ring is 1. The first-order valence-electron chi connectivity index (χ1n) is 7.61. The molecule has 1 saturated carbocycles. The highest BCUT2D eigenvalue weighted by atomic mass is 16.5. The van der Waals surface area contributed by atoms with Crippen molar-refractivity contribution in [2.45, 2.75) is 52.1 Å². The van der Waals surface area contributed by atoms with Crippen molar-refractivity contribution in [3.63, 3.8) is 0 Å². The van der Waals surface area contributed by atoms with Crippen molar-refractivity contribution in [1.82, 2.24) is 0 Å². The fraction of sp³-hybridized carbons (Fsp3) is 0.647. The molecule has 0 saturated heterocycles. The summed E-state index contributed by atoms with van der Waals surface area (Å²) in [6, 6.07) is 8.17. The van der Waals surface area contributed by atoms with Gasteiger partial charge in [-0.1, -0.05) is 26.0 Å². The van der Waals surface area contributed by atoms with Crippen LogP contribution >= 0.6 is 0 Å². The third-order valence-corrected chi connectivity index (χ3v) is 4.49. The highest BCUT2D eigenvalue weighted by Gasteiger charge is 2.24. The van der Waals surface area contributed by atoms with Gasteiger partial charge in [0.25, 0.3) is 0 Å². The SMILES string of the molecule is CC1CCC(OCCCc2ccc(N)cc2)CC1C. The van der Waals surface area contributed by atoms with Crippen LogP contribution in [0, 0.1) is 11.8 Å². The molecule has 1 aliphatic rings.